The molecule has 154 valence electrons. The van der Waals surface area contributed by atoms with Crippen molar-refractivity contribution >= 4 is 34.3 Å². The number of rotatable bonds is 8. The summed E-state index contributed by atoms with van der Waals surface area (Å²) in [6.45, 7) is 0.0129. The largest absolute Gasteiger partial charge is 0.493 e. The van der Waals surface area contributed by atoms with Gasteiger partial charge in [-0.3, -0.25) is 4.79 Å². The first kappa shape index (κ1) is 21.7. The average Bonchev–Trinajstić information content (AvgIpc) is 3.22. The maximum Gasteiger partial charge on any atom is 0.259 e. The van der Waals surface area contributed by atoms with Gasteiger partial charge in [0.2, 0.25) is 0 Å². The molecule has 1 unspecified atom stereocenters. The third kappa shape index (κ3) is 4.93. The Kier molecular flexibility index (Phi) is 7.32. The lowest BCUT2D eigenvalue weighted by Gasteiger charge is -2.18. The lowest BCUT2D eigenvalue weighted by atomic mass is 10.1. The molecule has 1 atom stereocenters. The molecular formula is C22H20IN3O4. The highest BCUT2D eigenvalue weighted by atomic mass is 127. The van der Waals surface area contributed by atoms with Crippen LogP contribution < -0.4 is 14.8 Å². The molecule has 3 rings (SSSR count). The lowest BCUT2D eigenvalue weighted by molar-refractivity contribution is -0.127. The van der Waals surface area contributed by atoms with Crippen LogP contribution >= 0.6 is 22.6 Å². The number of carbonyl (C=O) groups excluding carboxylic acids is 1. The Balaban J connectivity index is 1.87. The number of methoxy groups -OCH3 is 2. The van der Waals surface area contributed by atoms with E-state index in [4.69, 9.17) is 20.6 Å². The Morgan fingerprint density at radius 3 is 2.57 bits per heavy atom. The van der Waals surface area contributed by atoms with Crippen molar-refractivity contribution < 1.29 is 19.0 Å². The van der Waals surface area contributed by atoms with Crippen molar-refractivity contribution in [2.45, 2.75) is 6.10 Å². The Hall–Kier alpha value is -3.03. The van der Waals surface area contributed by atoms with E-state index in [9.17, 15) is 4.79 Å². The number of carbonyl (C=O) groups is 1. The summed E-state index contributed by atoms with van der Waals surface area (Å²) in [5, 5.41) is 7.18. The highest BCUT2D eigenvalue weighted by Crippen LogP contribution is 2.30. The molecule has 0 radical (unpaired) electrons. The molecule has 1 N–H and O–H groups in total. The van der Waals surface area contributed by atoms with Crippen LogP contribution in [0.1, 0.15) is 11.7 Å². The number of nitrogens with zero attached hydrogens (tertiary/aromatic N) is 2. The molecule has 2 aromatic carbocycles. The highest BCUT2D eigenvalue weighted by Gasteiger charge is 2.23. The zero-order valence-electron chi connectivity index (χ0n) is 16.5. The van der Waals surface area contributed by atoms with E-state index in [2.05, 4.69) is 38.9 Å². The van der Waals surface area contributed by atoms with E-state index in [1.807, 2.05) is 30.3 Å². The molecule has 0 saturated carbocycles. The zero-order valence-corrected chi connectivity index (χ0v) is 18.6. The summed E-state index contributed by atoms with van der Waals surface area (Å²) in [6, 6.07) is 14.5. The van der Waals surface area contributed by atoms with Gasteiger partial charge in [0.15, 0.2) is 17.6 Å². The molecule has 30 heavy (non-hydrogen) atoms. The fraction of sp³-hybridized carbons (Fsp3) is 0.182. The molecule has 1 heterocycles. The first-order chi connectivity index (χ1) is 14.6. The maximum absolute atomic E-state index is 13.0. The number of ether oxygens (including phenoxy) is 3. The molecule has 7 nitrogen and oxygen atoms in total. The van der Waals surface area contributed by atoms with Crippen molar-refractivity contribution in [1.82, 2.24) is 9.78 Å². The minimum absolute atomic E-state index is 0.0129. The van der Waals surface area contributed by atoms with Crippen LogP contribution in [-0.4, -0.2) is 36.5 Å². The summed E-state index contributed by atoms with van der Waals surface area (Å²) in [5.41, 5.74) is 1.41. The first-order valence-corrected chi connectivity index (χ1v) is 10.0. The molecule has 0 bridgehead atoms. The fourth-order valence-electron chi connectivity index (χ4n) is 2.84. The summed E-state index contributed by atoms with van der Waals surface area (Å²) >= 11 is 2.20. The standard InChI is InChI=1S/C22H20IN3O4/c1-4-13-30-21(15-5-7-16(23)8-6-15)22(27)25-20-11-12-24-26(20)17-9-10-18(28-2)19(14-17)29-3/h1,5-12,14,21H,13H2,2-3H3,(H,25,27). The fourth-order valence-corrected chi connectivity index (χ4v) is 3.20. The number of amides is 1. The molecule has 8 heteroatoms. The van der Waals surface area contributed by atoms with Gasteiger partial charge in [-0.2, -0.15) is 5.10 Å². The van der Waals surface area contributed by atoms with Gasteiger partial charge in [-0.1, -0.05) is 18.1 Å². The van der Waals surface area contributed by atoms with E-state index in [0.29, 0.717) is 28.6 Å². The van der Waals surface area contributed by atoms with Crippen LogP contribution in [0, 0.1) is 15.9 Å². The molecule has 0 spiro atoms. The molecule has 0 aliphatic heterocycles. The number of hydrogen-bond acceptors (Lipinski definition) is 5. The van der Waals surface area contributed by atoms with Crippen LogP contribution in [0.3, 0.4) is 0 Å². The van der Waals surface area contributed by atoms with Gasteiger partial charge >= 0.3 is 0 Å². The molecule has 0 aliphatic carbocycles. The van der Waals surface area contributed by atoms with Crippen LogP contribution in [0.2, 0.25) is 0 Å². The average molecular weight is 517 g/mol. The second-order valence-corrected chi connectivity index (χ2v) is 7.35. The minimum Gasteiger partial charge on any atom is -0.493 e. The van der Waals surface area contributed by atoms with Gasteiger partial charge in [0.25, 0.3) is 5.91 Å². The molecule has 0 saturated heterocycles. The van der Waals surface area contributed by atoms with Gasteiger partial charge in [0.05, 0.1) is 26.1 Å². The number of anilines is 1. The van der Waals surface area contributed by atoms with Crippen molar-refractivity contribution in [2.24, 2.45) is 0 Å². The quantitative estimate of drug-likeness (QED) is 0.364. The number of terminal acetylenes is 1. The monoisotopic (exact) mass is 517 g/mol. The molecule has 0 aliphatic rings. The molecule has 1 aromatic heterocycles. The minimum atomic E-state index is -0.855. The predicted molar refractivity (Wildman–Crippen MR) is 122 cm³/mol. The van der Waals surface area contributed by atoms with Crippen LogP contribution in [-0.2, 0) is 9.53 Å². The molecular weight excluding hydrogens is 497 g/mol. The van der Waals surface area contributed by atoms with E-state index in [0.717, 1.165) is 3.57 Å². The van der Waals surface area contributed by atoms with Gasteiger partial charge in [0, 0.05) is 15.7 Å². The second-order valence-electron chi connectivity index (χ2n) is 6.10. The number of benzene rings is 2. The van der Waals surface area contributed by atoms with Gasteiger partial charge in [-0.05, 0) is 52.4 Å². The SMILES string of the molecule is C#CCOC(C(=O)Nc1ccnn1-c1ccc(OC)c(OC)c1)c1ccc(I)cc1. The Labute approximate surface area is 188 Å². The third-order valence-electron chi connectivity index (χ3n) is 4.25. The van der Waals surface area contributed by atoms with Crippen molar-refractivity contribution in [3.05, 3.63) is 63.9 Å². The maximum atomic E-state index is 13.0. The van der Waals surface area contributed by atoms with E-state index in [1.54, 1.807) is 43.3 Å². The predicted octanol–water partition coefficient (Wildman–Crippen LogP) is 3.82. The first-order valence-electron chi connectivity index (χ1n) is 8.95. The Bertz CT molecular complexity index is 1060. The van der Waals surface area contributed by atoms with E-state index >= 15 is 0 Å². The normalized spacial score (nSPS) is 11.4. The van der Waals surface area contributed by atoms with Crippen molar-refractivity contribution in [3.63, 3.8) is 0 Å². The molecule has 3 aromatic rings. The topological polar surface area (TPSA) is 74.6 Å². The Morgan fingerprint density at radius 2 is 1.90 bits per heavy atom. The second kappa shape index (κ2) is 10.1. The highest BCUT2D eigenvalue weighted by molar-refractivity contribution is 14.1. The van der Waals surface area contributed by atoms with Gasteiger partial charge < -0.3 is 19.5 Å². The van der Waals surface area contributed by atoms with Crippen LogP contribution in [0.25, 0.3) is 5.69 Å². The van der Waals surface area contributed by atoms with E-state index in [-0.39, 0.29) is 12.5 Å². The number of hydrogen-bond donors (Lipinski definition) is 1. The molecule has 1 amide bonds. The van der Waals surface area contributed by atoms with Gasteiger partial charge in [0.1, 0.15) is 12.4 Å². The summed E-state index contributed by atoms with van der Waals surface area (Å²) in [6.07, 6.45) is 6.06. The summed E-state index contributed by atoms with van der Waals surface area (Å²) < 4.78 is 18.9. The third-order valence-corrected chi connectivity index (χ3v) is 4.97. The smallest absolute Gasteiger partial charge is 0.259 e. The number of nitrogens with one attached hydrogen (secondary N) is 1. The Morgan fingerprint density at radius 1 is 1.17 bits per heavy atom. The lowest BCUT2D eigenvalue weighted by Crippen LogP contribution is -2.25. The van der Waals surface area contributed by atoms with Crippen molar-refractivity contribution in [1.29, 1.82) is 0 Å². The summed E-state index contributed by atoms with van der Waals surface area (Å²) in [7, 11) is 3.12. The van der Waals surface area contributed by atoms with Gasteiger partial charge in [-0.25, -0.2) is 4.68 Å². The number of halogens is 1. The van der Waals surface area contributed by atoms with E-state index in [1.165, 1.54) is 0 Å². The van der Waals surface area contributed by atoms with E-state index < -0.39 is 6.10 Å². The molecule has 0 fully saturated rings. The van der Waals surface area contributed by atoms with Crippen LogP contribution in [0.15, 0.2) is 54.7 Å². The summed E-state index contributed by atoms with van der Waals surface area (Å²) in [4.78, 5) is 13.0. The van der Waals surface area contributed by atoms with Gasteiger partial charge in [-0.15, -0.1) is 6.42 Å². The van der Waals surface area contributed by atoms with Crippen LogP contribution in [0.4, 0.5) is 5.82 Å². The summed E-state index contributed by atoms with van der Waals surface area (Å²) in [5.74, 6) is 3.68. The number of aromatic nitrogens is 2. The van der Waals surface area contributed by atoms with Crippen LogP contribution in [0.5, 0.6) is 11.5 Å². The zero-order chi connectivity index (χ0) is 21.5. The van der Waals surface area contributed by atoms with Crippen molar-refractivity contribution in [3.8, 4) is 29.5 Å². The van der Waals surface area contributed by atoms with Crippen molar-refractivity contribution in [2.75, 3.05) is 26.1 Å².